The molecule has 3 aromatic rings. The molecule has 1 aromatic heterocycles. The largest absolute Gasteiger partial charge is 0.310 e. The molecule has 6 heteroatoms. The molecule has 4 nitrogen and oxygen atoms in total. The number of thioether (sulfide) groups is 1. The van der Waals surface area contributed by atoms with Gasteiger partial charge in [-0.25, -0.2) is 4.98 Å². The van der Waals surface area contributed by atoms with Crippen LogP contribution in [0.15, 0.2) is 53.4 Å². The van der Waals surface area contributed by atoms with Crippen LogP contribution in [0.4, 0.5) is 5.69 Å². The van der Waals surface area contributed by atoms with Crippen molar-refractivity contribution in [2.45, 2.75) is 42.4 Å². The summed E-state index contributed by atoms with van der Waals surface area (Å²) in [5.74, 6) is 0.208. The van der Waals surface area contributed by atoms with E-state index < -0.39 is 0 Å². The highest BCUT2D eigenvalue weighted by molar-refractivity contribution is 8.00. The van der Waals surface area contributed by atoms with Gasteiger partial charge in [0.1, 0.15) is 5.01 Å². The molecule has 1 fully saturated rings. The fourth-order valence-corrected chi connectivity index (χ4v) is 6.58. The molecule has 2 aliphatic heterocycles. The van der Waals surface area contributed by atoms with Crippen LogP contribution in [0.5, 0.6) is 0 Å². The van der Waals surface area contributed by atoms with E-state index in [0.717, 1.165) is 48.6 Å². The topological polar surface area (TPSA) is 36.4 Å². The zero-order valence-corrected chi connectivity index (χ0v) is 18.2. The highest BCUT2D eigenvalue weighted by Gasteiger charge is 2.32. The minimum atomic E-state index is 0.208. The summed E-state index contributed by atoms with van der Waals surface area (Å²) in [5, 5.41) is 1.67. The van der Waals surface area contributed by atoms with Crippen LogP contribution in [-0.2, 0) is 4.79 Å². The Hall–Kier alpha value is -1.89. The van der Waals surface area contributed by atoms with Crippen LogP contribution >= 0.6 is 23.1 Å². The number of amides is 1. The van der Waals surface area contributed by atoms with E-state index in [4.69, 9.17) is 4.98 Å². The van der Waals surface area contributed by atoms with E-state index in [0.29, 0.717) is 11.8 Å². The standard InChI is InChI=1S/C23H25N3OS2/c1-16-12-14-26(18-8-3-5-11-21(18)28-16)22(27)15-25-13-6-9-19(25)23-24-17-7-2-4-10-20(17)29-23/h2-5,7-8,10-11,16,19H,6,9,12-15H2,1H3/t16-,19+/m0/s1. The maximum atomic E-state index is 13.4. The summed E-state index contributed by atoms with van der Waals surface area (Å²) in [4.78, 5) is 23.8. The Bertz CT molecular complexity index is 1000. The van der Waals surface area contributed by atoms with Gasteiger partial charge in [-0.1, -0.05) is 31.2 Å². The van der Waals surface area contributed by atoms with Gasteiger partial charge in [-0.05, 0) is 50.1 Å². The second-order valence-corrected chi connectivity index (χ2v) is 10.4. The zero-order chi connectivity index (χ0) is 19.8. The van der Waals surface area contributed by atoms with Gasteiger partial charge in [0, 0.05) is 16.7 Å². The summed E-state index contributed by atoms with van der Waals surface area (Å²) in [6.07, 6.45) is 3.22. The maximum absolute atomic E-state index is 13.4. The summed E-state index contributed by atoms with van der Waals surface area (Å²) in [7, 11) is 0. The minimum absolute atomic E-state index is 0.208. The number of hydrogen-bond donors (Lipinski definition) is 0. The fourth-order valence-electron chi connectivity index (χ4n) is 4.33. The van der Waals surface area contributed by atoms with Crippen molar-refractivity contribution in [2.24, 2.45) is 0 Å². The second kappa shape index (κ2) is 8.09. The van der Waals surface area contributed by atoms with Gasteiger partial charge in [0.15, 0.2) is 0 Å². The molecular formula is C23H25N3OS2. The molecule has 0 N–H and O–H groups in total. The molecule has 0 spiro atoms. The van der Waals surface area contributed by atoms with Gasteiger partial charge in [-0.3, -0.25) is 9.69 Å². The van der Waals surface area contributed by atoms with Gasteiger partial charge in [-0.15, -0.1) is 23.1 Å². The number of carbonyl (C=O) groups excluding carboxylic acids is 1. The van der Waals surface area contributed by atoms with Crippen LogP contribution in [0.2, 0.25) is 0 Å². The van der Waals surface area contributed by atoms with E-state index in [1.54, 1.807) is 11.3 Å². The molecule has 3 heterocycles. The number of rotatable bonds is 3. The number of benzene rings is 2. The summed E-state index contributed by atoms with van der Waals surface area (Å²) in [5.41, 5.74) is 2.14. The molecule has 0 saturated carbocycles. The highest BCUT2D eigenvalue weighted by Crippen LogP contribution is 2.39. The molecule has 2 aromatic carbocycles. The molecule has 0 unspecified atom stereocenters. The Morgan fingerprint density at radius 1 is 1.10 bits per heavy atom. The Morgan fingerprint density at radius 3 is 2.83 bits per heavy atom. The summed E-state index contributed by atoms with van der Waals surface area (Å²) >= 11 is 3.65. The Labute approximate surface area is 179 Å². The van der Waals surface area contributed by atoms with Crippen LogP contribution in [0, 0.1) is 0 Å². The van der Waals surface area contributed by atoms with Crippen molar-refractivity contribution in [2.75, 3.05) is 24.5 Å². The van der Waals surface area contributed by atoms with Crippen molar-refractivity contribution >= 4 is 44.9 Å². The van der Waals surface area contributed by atoms with Gasteiger partial charge < -0.3 is 4.90 Å². The minimum Gasteiger partial charge on any atom is -0.310 e. The van der Waals surface area contributed by atoms with Crippen LogP contribution in [-0.4, -0.2) is 40.7 Å². The number of fused-ring (bicyclic) bond motifs is 2. The number of aromatic nitrogens is 1. The van der Waals surface area contributed by atoms with Crippen LogP contribution in [0.1, 0.15) is 37.2 Å². The van der Waals surface area contributed by atoms with Crippen molar-refractivity contribution in [1.82, 2.24) is 9.88 Å². The molecule has 1 saturated heterocycles. The first-order valence-corrected chi connectivity index (χ1v) is 12.0. The van der Waals surface area contributed by atoms with E-state index >= 15 is 0 Å². The zero-order valence-electron chi connectivity index (χ0n) is 16.6. The molecule has 150 valence electrons. The number of para-hydroxylation sites is 2. The summed E-state index contributed by atoms with van der Waals surface area (Å²) < 4.78 is 1.23. The Balaban J connectivity index is 1.37. The quantitative estimate of drug-likeness (QED) is 0.569. The van der Waals surface area contributed by atoms with Crippen molar-refractivity contribution < 1.29 is 4.79 Å². The third-order valence-corrected chi connectivity index (χ3v) is 8.22. The predicted octanol–water partition coefficient (Wildman–Crippen LogP) is 5.35. The summed E-state index contributed by atoms with van der Waals surface area (Å²) in [6, 6.07) is 16.9. The number of likely N-dealkylation sites (tertiary alicyclic amines) is 1. The van der Waals surface area contributed by atoms with E-state index in [1.165, 1.54) is 9.60 Å². The average Bonchev–Trinajstić information content (AvgIpc) is 3.31. The predicted molar refractivity (Wildman–Crippen MR) is 122 cm³/mol. The molecule has 29 heavy (non-hydrogen) atoms. The lowest BCUT2D eigenvalue weighted by Gasteiger charge is -2.27. The van der Waals surface area contributed by atoms with Gasteiger partial charge in [0.2, 0.25) is 5.91 Å². The number of anilines is 1. The second-order valence-electron chi connectivity index (χ2n) is 7.88. The van der Waals surface area contributed by atoms with E-state index in [1.807, 2.05) is 28.8 Å². The summed E-state index contributed by atoms with van der Waals surface area (Å²) in [6.45, 7) is 4.48. The first-order valence-electron chi connectivity index (χ1n) is 10.3. The van der Waals surface area contributed by atoms with Crippen molar-refractivity contribution in [3.05, 3.63) is 53.5 Å². The first-order chi connectivity index (χ1) is 14.2. The van der Waals surface area contributed by atoms with Gasteiger partial charge >= 0.3 is 0 Å². The fraction of sp³-hybridized carbons (Fsp3) is 0.391. The van der Waals surface area contributed by atoms with Crippen LogP contribution < -0.4 is 4.90 Å². The Kier molecular flexibility index (Phi) is 5.33. The number of thiazole rings is 1. The molecule has 2 aliphatic rings. The van der Waals surface area contributed by atoms with Crippen molar-refractivity contribution in [1.29, 1.82) is 0 Å². The third kappa shape index (κ3) is 3.81. The normalized spacial score (nSPS) is 22.6. The van der Waals surface area contributed by atoms with E-state index in [2.05, 4.69) is 48.2 Å². The lowest BCUT2D eigenvalue weighted by atomic mass is 10.2. The van der Waals surface area contributed by atoms with Crippen molar-refractivity contribution in [3.8, 4) is 0 Å². The lowest BCUT2D eigenvalue weighted by molar-refractivity contribution is -0.120. The van der Waals surface area contributed by atoms with Crippen LogP contribution in [0.3, 0.4) is 0 Å². The smallest absolute Gasteiger partial charge is 0.241 e. The SMILES string of the molecule is C[C@H]1CCN(C(=O)CN2CCC[C@@H]2c2nc3ccccc3s2)c2ccccc2S1. The maximum Gasteiger partial charge on any atom is 0.241 e. The van der Waals surface area contributed by atoms with Gasteiger partial charge in [0.25, 0.3) is 0 Å². The number of nitrogens with zero attached hydrogens (tertiary/aromatic N) is 3. The van der Waals surface area contributed by atoms with Gasteiger partial charge in [0.05, 0.1) is 28.5 Å². The molecule has 0 aliphatic carbocycles. The number of carbonyl (C=O) groups is 1. The molecule has 2 atom stereocenters. The lowest BCUT2D eigenvalue weighted by Crippen LogP contribution is -2.41. The Morgan fingerprint density at radius 2 is 1.93 bits per heavy atom. The molecule has 5 rings (SSSR count). The highest BCUT2D eigenvalue weighted by atomic mass is 32.2. The first kappa shape index (κ1) is 19.1. The molecule has 0 radical (unpaired) electrons. The van der Waals surface area contributed by atoms with Crippen LogP contribution in [0.25, 0.3) is 10.2 Å². The molecular weight excluding hydrogens is 398 g/mol. The average molecular weight is 424 g/mol. The monoisotopic (exact) mass is 423 g/mol. The van der Waals surface area contributed by atoms with Gasteiger partial charge in [-0.2, -0.15) is 0 Å². The molecule has 1 amide bonds. The third-order valence-electron chi connectivity index (χ3n) is 5.84. The van der Waals surface area contributed by atoms with Crippen molar-refractivity contribution in [3.63, 3.8) is 0 Å². The van der Waals surface area contributed by atoms with E-state index in [9.17, 15) is 4.79 Å². The molecule has 0 bridgehead atoms. The van der Waals surface area contributed by atoms with E-state index in [-0.39, 0.29) is 11.9 Å². The number of hydrogen-bond acceptors (Lipinski definition) is 5.